The highest BCUT2D eigenvalue weighted by Gasteiger charge is 2.28. The topological polar surface area (TPSA) is 114 Å². The molecular formula is C23H29N7O4S. The van der Waals surface area contributed by atoms with E-state index in [2.05, 4.69) is 20.0 Å². The van der Waals surface area contributed by atoms with Crippen molar-refractivity contribution in [1.29, 1.82) is 0 Å². The monoisotopic (exact) mass is 499 g/mol. The van der Waals surface area contributed by atoms with Gasteiger partial charge in [-0.2, -0.15) is 9.40 Å². The van der Waals surface area contributed by atoms with Crippen molar-refractivity contribution in [3.05, 3.63) is 41.3 Å². The third kappa shape index (κ3) is 4.37. The number of carbonyl (C=O) groups excluding carboxylic acids is 1. The number of hydrogen-bond donors (Lipinski definition) is 0. The molecule has 0 saturated carbocycles. The number of aromatic nitrogens is 4. The molecule has 0 aromatic carbocycles. The number of morpholine rings is 1. The van der Waals surface area contributed by atoms with E-state index in [-0.39, 0.29) is 10.8 Å². The molecule has 35 heavy (non-hydrogen) atoms. The summed E-state index contributed by atoms with van der Waals surface area (Å²) < 4.78 is 34.1. The third-order valence-corrected chi connectivity index (χ3v) is 8.52. The van der Waals surface area contributed by atoms with Crippen molar-refractivity contribution in [2.24, 2.45) is 7.05 Å². The van der Waals surface area contributed by atoms with Crippen LogP contribution in [-0.2, 0) is 21.8 Å². The van der Waals surface area contributed by atoms with Crippen LogP contribution in [0.25, 0.3) is 11.0 Å². The second kappa shape index (κ2) is 9.17. The van der Waals surface area contributed by atoms with Gasteiger partial charge in [-0.1, -0.05) is 0 Å². The van der Waals surface area contributed by atoms with Crippen molar-refractivity contribution < 1.29 is 17.9 Å². The molecule has 0 atom stereocenters. The van der Waals surface area contributed by atoms with Gasteiger partial charge in [0.1, 0.15) is 10.7 Å². The van der Waals surface area contributed by atoms with Gasteiger partial charge in [0.25, 0.3) is 5.91 Å². The molecule has 2 fully saturated rings. The lowest BCUT2D eigenvalue weighted by molar-refractivity contribution is 0.0730. The second-order valence-corrected chi connectivity index (χ2v) is 10.8. The van der Waals surface area contributed by atoms with E-state index in [0.717, 1.165) is 16.7 Å². The predicted octanol–water partition coefficient (Wildman–Crippen LogP) is 0.963. The van der Waals surface area contributed by atoms with Gasteiger partial charge in [0.15, 0.2) is 5.65 Å². The first-order valence-electron chi connectivity index (χ1n) is 11.6. The molecule has 5 rings (SSSR count). The van der Waals surface area contributed by atoms with Crippen LogP contribution in [0.15, 0.2) is 29.3 Å². The van der Waals surface area contributed by atoms with Crippen molar-refractivity contribution >= 4 is 32.8 Å². The maximum Gasteiger partial charge on any atom is 0.255 e. The molecule has 0 unspecified atom stereocenters. The zero-order valence-electron chi connectivity index (χ0n) is 20.1. The number of amides is 1. The van der Waals surface area contributed by atoms with Gasteiger partial charge >= 0.3 is 0 Å². The van der Waals surface area contributed by atoms with Crippen molar-refractivity contribution in [3.63, 3.8) is 0 Å². The lowest BCUT2D eigenvalue weighted by Gasteiger charge is -2.35. The molecule has 11 nitrogen and oxygen atoms in total. The fourth-order valence-corrected chi connectivity index (χ4v) is 5.96. The van der Waals surface area contributed by atoms with Crippen LogP contribution in [0.4, 0.5) is 5.82 Å². The maximum absolute atomic E-state index is 13.3. The quantitative estimate of drug-likeness (QED) is 0.522. The van der Waals surface area contributed by atoms with Crippen LogP contribution in [0.5, 0.6) is 0 Å². The fourth-order valence-electron chi connectivity index (χ4n) is 4.61. The molecule has 2 saturated heterocycles. The molecule has 12 heteroatoms. The number of fused-ring (bicyclic) bond motifs is 1. The molecule has 3 aromatic heterocycles. The minimum atomic E-state index is -3.57. The Kier molecular flexibility index (Phi) is 6.20. The van der Waals surface area contributed by atoms with Crippen LogP contribution in [0.1, 0.15) is 21.7 Å². The van der Waals surface area contributed by atoms with Crippen LogP contribution in [-0.4, -0.2) is 95.8 Å². The van der Waals surface area contributed by atoms with Crippen LogP contribution in [0.2, 0.25) is 0 Å². The SMILES string of the molecule is Cc1nc2c(cc1C(=O)N1CCN(c3ccc(S(=O)(=O)N4CCOCC4)cn3)CC1)c(C)nn2C. The normalized spacial score (nSPS) is 17.8. The van der Waals surface area contributed by atoms with Crippen LogP contribution >= 0.6 is 0 Å². The molecule has 0 spiro atoms. The maximum atomic E-state index is 13.3. The highest BCUT2D eigenvalue weighted by molar-refractivity contribution is 7.89. The summed E-state index contributed by atoms with van der Waals surface area (Å²) >= 11 is 0. The molecule has 1 amide bonds. The molecule has 2 aliphatic heterocycles. The van der Waals surface area contributed by atoms with E-state index >= 15 is 0 Å². The summed E-state index contributed by atoms with van der Waals surface area (Å²) in [6.07, 6.45) is 1.41. The third-order valence-electron chi connectivity index (χ3n) is 6.64. The number of aryl methyl sites for hydroxylation is 3. The molecular weight excluding hydrogens is 470 g/mol. The Morgan fingerprint density at radius 3 is 2.37 bits per heavy atom. The first-order chi connectivity index (χ1) is 16.8. The molecule has 0 N–H and O–H groups in total. The van der Waals surface area contributed by atoms with Crippen molar-refractivity contribution in [2.75, 3.05) is 57.4 Å². The number of pyridine rings is 2. The Labute approximate surface area is 204 Å². The standard InChI is InChI=1S/C23H29N7O4S/c1-16-20(14-19-17(2)26-27(3)22(19)25-16)23(31)29-8-6-28(7-9-29)21-5-4-18(15-24-21)35(32,33)30-10-12-34-13-11-30/h4-5,14-15H,6-13H2,1-3H3. The number of rotatable bonds is 4. The first-order valence-corrected chi connectivity index (χ1v) is 13.1. The number of anilines is 1. The molecule has 3 aromatic rings. The summed E-state index contributed by atoms with van der Waals surface area (Å²) in [5, 5.41) is 5.29. The zero-order valence-corrected chi connectivity index (χ0v) is 21.0. The molecule has 0 aliphatic carbocycles. The molecule has 0 bridgehead atoms. The van der Waals surface area contributed by atoms with Gasteiger partial charge in [-0.3, -0.25) is 9.48 Å². The largest absolute Gasteiger partial charge is 0.379 e. The van der Waals surface area contributed by atoms with Crippen molar-refractivity contribution in [3.8, 4) is 0 Å². The number of sulfonamides is 1. The van der Waals surface area contributed by atoms with E-state index < -0.39 is 10.0 Å². The first kappa shape index (κ1) is 23.6. The van der Waals surface area contributed by atoms with Crippen molar-refractivity contribution in [2.45, 2.75) is 18.7 Å². The number of nitrogens with zero attached hydrogens (tertiary/aromatic N) is 7. The van der Waals surface area contributed by atoms with Crippen molar-refractivity contribution in [1.82, 2.24) is 29.0 Å². The summed E-state index contributed by atoms with van der Waals surface area (Å²) in [4.78, 5) is 26.4. The Balaban J connectivity index is 1.26. The molecule has 0 radical (unpaired) electrons. The molecule has 5 heterocycles. The van der Waals surface area contributed by atoms with Gasteiger partial charge in [0.2, 0.25) is 10.0 Å². The zero-order chi connectivity index (χ0) is 24.7. The van der Waals surface area contributed by atoms with E-state index in [1.54, 1.807) is 16.8 Å². The fraction of sp³-hybridized carbons (Fsp3) is 0.478. The predicted molar refractivity (Wildman–Crippen MR) is 130 cm³/mol. The van der Waals surface area contributed by atoms with Gasteiger partial charge in [-0.25, -0.2) is 18.4 Å². The Morgan fingerprint density at radius 1 is 1.00 bits per heavy atom. The van der Waals surface area contributed by atoms with Crippen LogP contribution < -0.4 is 4.90 Å². The van der Waals surface area contributed by atoms with Gasteiger partial charge in [0, 0.05) is 57.9 Å². The lowest BCUT2D eigenvalue weighted by Crippen LogP contribution is -2.49. The number of piperazine rings is 1. The highest BCUT2D eigenvalue weighted by atomic mass is 32.2. The van der Waals surface area contributed by atoms with E-state index in [0.29, 0.717) is 69.6 Å². The van der Waals surface area contributed by atoms with Crippen LogP contribution in [0, 0.1) is 13.8 Å². The van der Waals surface area contributed by atoms with E-state index in [9.17, 15) is 13.2 Å². The van der Waals surface area contributed by atoms with E-state index in [1.807, 2.05) is 31.9 Å². The summed E-state index contributed by atoms with van der Waals surface area (Å²) in [6.45, 7) is 7.56. The average Bonchev–Trinajstić information content (AvgIpc) is 3.16. The Hall–Kier alpha value is -3.09. The van der Waals surface area contributed by atoms with Gasteiger partial charge < -0.3 is 14.5 Å². The Morgan fingerprint density at radius 2 is 1.71 bits per heavy atom. The van der Waals surface area contributed by atoms with E-state index in [1.165, 1.54) is 10.5 Å². The van der Waals surface area contributed by atoms with Gasteiger partial charge in [0.05, 0.1) is 30.2 Å². The smallest absolute Gasteiger partial charge is 0.255 e. The van der Waals surface area contributed by atoms with Gasteiger partial charge in [-0.15, -0.1) is 0 Å². The average molecular weight is 500 g/mol. The number of hydrogen-bond acceptors (Lipinski definition) is 8. The summed E-state index contributed by atoms with van der Waals surface area (Å²) in [7, 11) is -1.73. The minimum absolute atomic E-state index is 0.0419. The second-order valence-electron chi connectivity index (χ2n) is 8.85. The highest BCUT2D eigenvalue weighted by Crippen LogP contribution is 2.23. The Bertz CT molecular complexity index is 1360. The van der Waals surface area contributed by atoms with E-state index in [4.69, 9.17) is 4.74 Å². The summed E-state index contributed by atoms with van der Waals surface area (Å²) in [6, 6.07) is 5.23. The summed E-state index contributed by atoms with van der Waals surface area (Å²) in [5.74, 6) is 0.656. The van der Waals surface area contributed by atoms with Gasteiger partial charge in [-0.05, 0) is 32.0 Å². The molecule has 2 aliphatic rings. The number of ether oxygens (including phenoxy) is 1. The van der Waals surface area contributed by atoms with Crippen LogP contribution in [0.3, 0.4) is 0 Å². The number of carbonyl (C=O) groups is 1. The summed E-state index contributed by atoms with van der Waals surface area (Å²) in [5.41, 5.74) is 2.90. The molecule has 186 valence electrons. The minimum Gasteiger partial charge on any atom is -0.379 e. The lowest BCUT2D eigenvalue weighted by atomic mass is 10.1.